The normalized spacial score (nSPS) is 25.2. The van der Waals surface area contributed by atoms with Gasteiger partial charge in [0.2, 0.25) is 0 Å². The standard InChI is InChI=1S/C20H20N2O4/c1-22-9-11(10-23)13-8-17(24)19-14(7-16(22)18(13)20(25)26-2)12-5-3-4-6-15(12)21-19/h3-6,9-10,13,16,18,21H,7-8H2,1-2H3/t13-,16+,18-/m1/s1. The maximum absolute atomic E-state index is 13.0. The molecule has 0 fully saturated rings. The van der Waals surface area contributed by atoms with E-state index in [-0.39, 0.29) is 24.2 Å². The first-order chi connectivity index (χ1) is 12.5. The summed E-state index contributed by atoms with van der Waals surface area (Å²) in [6.45, 7) is 0. The highest BCUT2D eigenvalue weighted by molar-refractivity contribution is 6.03. The summed E-state index contributed by atoms with van der Waals surface area (Å²) >= 11 is 0. The molecule has 1 aromatic carbocycles. The number of ether oxygens (including phenoxy) is 1. The molecule has 1 aromatic heterocycles. The molecule has 1 N–H and O–H groups in total. The van der Waals surface area contributed by atoms with Gasteiger partial charge in [-0.15, -0.1) is 0 Å². The third-order valence-electron chi connectivity index (χ3n) is 5.67. The van der Waals surface area contributed by atoms with Gasteiger partial charge in [0.15, 0.2) is 5.78 Å². The van der Waals surface area contributed by atoms with Crippen LogP contribution in [0.15, 0.2) is 36.0 Å². The number of methoxy groups -OCH3 is 1. The Morgan fingerprint density at radius 2 is 2.08 bits per heavy atom. The molecule has 134 valence electrons. The lowest BCUT2D eigenvalue weighted by molar-refractivity contribution is -0.150. The zero-order valence-corrected chi connectivity index (χ0v) is 14.7. The quantitative estimate of drug-likeness (QED) is 0.661. The van der Waals surface area contributed by atoms with Crippen LogP contribution in [0, 0.1) is 11.8 Å². The van der Waals surface area contributed by atoms with Crippen molar-refractivity contribution in [2.24, 2.45) is 11.8 Å². The van der Waals surface area contributed by atoms with Gasteiger partial charge in [0.05, 0.1) is 18.7 Å². The number of H-pyrrole nitrogens is 1. The van der Waals surface area contributed by atoms with E-state index in [4.69, 9.17) is 4.74 Å². The number of fused-ring (bicyclic) bond motifs is 5. The molecule has 3 atom stereocenters. The minimum absolute atomic E-state index is 0.0779. The van der Waals surface area contributed by atoms with E-state index in [2.05, 4.69) is 4.98 Å². The van der Waals surface area contributed by atoms with Crippen LogP contribution >= 0.6 is 0 Å². The Bertz CT molecular complexity index is 942. The van der Waals surface area contributed by atoms with Crippen molar-refractivity contribution in [3.63, 3.8) is 0 Å². The van der Waals surface area contributed by atoms with Gasteiger partial charge in [-0.1, -0.05) is 18.2 Å². The van der Waals surface area contributed by atoms with Gasteiger partial charge in [0.25, 0.3) is 0 Å². The molecule has 26 heavy (non-hydrogen) atoms. The molecule has 1 aliphatic carbocycles. The molecule has 1 aliphatic heterocycles. The number of nitrogens with zero attached hydrogens (tertiary/aromatic N) is 1. The average Bonchev–Trinajstić information content (AvgIpc) is 3.01. The van der Waals surface area contributed by atoms with Crippen molar-refractivity contribution in [2.75, 3.05) is 14.2 Å². The Hall–Kier alpha value is -2.89. The first-order valence-corrected chi connectivity index (χ1v) is 8.64. The SMILES string of the molecule is COC(=O)[C@@H]1[C@@H]2CC(=O)c3[nH]c4ccccc4c3C[C@@H]1N(C)C=C2C=O. The fraction of sp³-hybridized carbons (Fsp3) is 0.350. The molecule has 4 rings (SSSR count). The molecule has 0 radical (unpaired) electrons. The third-order valence-corrected chi connectivity index (χ3v) is 5.67. The molecule has 2 aromatic rings. The number of nitrogens with one attached hydrogen (secondary N) is 1. The first-order valence-electron chi connectivity index (χ1n) is 8.64. The number of Topliss-reactive ketones (excluding diaryl/α,β-unsaturated/α-hetero) is 1. The van der Waals surface area contributed by atoms with Crippen LogP contribution < -0.4 is 0 Å². The van der Waals surface area contributed by atoms with Gasteiger partial charge < -0.3 is 14.6 Å². The van der Waals surface area contributed by atoms with E-state index in [1.54, 1.807) is 6.20 Å². The molecule has 0 amide bonds. The number of rotatable bonds is 2. The van der Waals surface area contributed by atoms with Crippen LogP contribution in [0.25, 0.3) is 10.9 Å². The van der Waals surface area contributed by atoms with Gasteiger partial charge in [0.1, 0.15) is 6.29 Å². The van der Waals surface area contributed by atoms with E-state index in [1.165, 1.54) is 7.11 Å². The molecule has 6 heteroatoms. The summed E-state index contributed by atoms with van der Waals surface area (Å²) in [6, 6.07) is 7.61. The van der Waals surface area contributed by atoms with Crippen molar-refractivity contribution in [1.82, 2.24) is 9.88 Å². The minimum atomic E-state index is -0.555. The molecule has 0 saturated heterocycles. The third kappa shape index (κ3) is 2.36. The van der Waals surface area contributed by atoms with Crippen molar-refractivity contribution >= 4 is 28.9 Å². The van der Waals surface area contributed by atoms with Crippen molar-refractivity contribution < 1.29 is 19.1 Å². The van der Waals surface area contributed by atoms with E-state index in [0.29, 0.717) is 17.7 Å². The van der Waals surface area contributed by atoms with Gasteiger partial charge in [-0.3, -0.25) is 14.4 Å². The summed E-state index contributed by atoms with van der Waals surface area (Å²) < 4.78 is 5.03. The Balaban J connectivity index is 1.92. The monoisotopic (exact) mass is 352 g/mol. The number of carbonyl (C=O) groups is 3. The fourth-order valence-electron chi connectivity index (χ4n) is 4.41. The highest BCUT2D eigenvalue weighted by atomic mass is 16.5. The Morgan fingerprint density at radius 3 is 2.81 bits per heavy atom. The molecule has 2 heterocycles. The number of aromatic amines is 1. The summed E-state index contributed by atoms with van der Waals surface area (Å²) in [5.74, 6) is -1.48. The summed E-state index contributed by atoms with van der Waals surface area (Å²) in [4.78, 5) is 42.3. The van der Waals surface area contributed by atoms with Crippen molar-refractivity contribution in [3.8, 4) is 0 Å². The molecular weight excluding hydrogens is 332 g/mol. The van der Waals surface area contributed by atoms with Crippen molar-refractivity contribution in [2.45, 2.75) is 18.9 Å². The fourth-order valence-corrected chi connectivity index (χ4v) is 4.41. The van der Waals surface area contributed by atoms with Gasteiger partial charge in [-0.25, -0.2) is 0 Å². The van der Waals surface area contributed by atoms with Crippen LogP contribution in [-0.4, -0.2) is 48.1 Å². The highest BCUT2D eigenvalue weighted by Crippen LogP contribution is 2.40. The van der Waals surface area contributed by atoms with E-state index in [9.17, 15) is 14.4 Å². The number of ketones is 1. The number of aldehydes is 1. The number of para-hydroxylation sites is 1. The van der Waals surface area contributed by atoms with Crippen LogP contribution in [-0.2, 0) is 20.7 Å². The lowest BCUT2D eigenvalue weighted by Gasteiger charge is -2.42. The Kier molecular flexibility index (Phi) is 3.90. The highest BCUT2D eigenvalue weighted by Gasteiger charge is 2.46. The summed E-state index contributed by atoms with van der Waals surface area (Å²) in [5.41, 5.74) is 2.89. The maximum Gasteiger partial charge on any atom is 0.311 e. The number of hydrogen-bond donors (Lipinski definition) is 1. The van der Waals surface area contributed by atoms with E-state index < -0.39 is 11.8 Å². The molecular formula is C20H20N2O4. The number of hydrogen-bond acceptors (Lipinski definition) is 5. The van der Waals surface area contributed by atoms with Gasteiger partial charge in [-0.2, -0.15) is 0 Å². The lowest BCUT2D eigenvalue weighted by Crippen LogP contribution is -2.50. The summed E-state index contributed by atoms with van der Waals surface area (Å²) in [7, 11) is 3.21. The molecule has 0 spiro atoms. The number of allylic oxidation sites excluding steroid dienone is 1. The zero-order chi connectivity index (χ0) is 18.4. The van der Waals surface area contributed by atoms with Crippen LogP contribution in [0.3, 0.4) is 0 Å². The zero-order valence-electron chi connectivity index (χ0n) is 14.7. The topological polar surface area (TPSA) is 79.5 Å². The maximum atomic E-state index is 13.0. The molecule has 0 saturated carbocycles. The van der Waals surface area contributed by atoms with Gasteiger partial charge >= 0.3 is 5.97 Å². The lowest BCUT2D eigenvalue weighted by atomic mass is 9.72. The predicted molar refractivity (Wildman–Crippen MR) is 95.6 cm³/mol. The second-order valence-electron chi connectivity index (χ2n) is 6.99. The molecule has 0 unspecified atom stereocenters. The van der Waals surface area contributed by atoms with E-state index >= 15 is 0 Å². The number of aromatic nitrogens is 1. The number of carbonyl (C=O) groups excluding carboxylic acids is 3. The number of likely N-dealkylation sites (N-methyl/N-ethyl adjacent to an activating group) is 1. The predicted octanol–water partition coefficient (Wildman–Crippen LogP) is 2.10. The second kappa shape index (κ2) is 6.12. The van der Waals surface area contributed by atoms with Crippen LogP contribution in [0.2, 0.25) is 0 Å². The number of benzene rings is 1. The summed E-state index contributed by atoms with van der Waals surface area (Å²) in [5, 5.41) is 0.997. The van der Waals surface area contributed by atoms with Crippen molar-refractivity contribution in [3.05, 3.63) is 47.3 Å². The minimum Gasteiger partial charge on any atom is -0.469 e. The molecule has 2 bridgehead atoms. The summed E-state index contributed by atoms with van der Waals surface area (Å²) in [6.07, 6.45) is 3.14. The van der Waals surface area contributed by atoms with Crippen LogP contribution in [0.4, 0.5) is 0 Å². The number of esters is 1. The average molecular weight is 352 g/mol. The van der Waals surface area contributed by atoms with E-state index in [0.717, 1.165) is 22.8 Å². The Morgan fingerprint density at radius 1 is 1.31 bits per heavy atom. The second-order valence-corrected chi connectivity index (χ2v) is 6.99. The van der Waals surface area contributed by atoms with Crippen LogP contribution in [0.5, 0.6) is 0 Å². The van der Waals surface area contributed by atoms with Crippen LogP contribution in [0.1, 0.15) is 22.5 Å². The van der Waals surface area contributed by atoms with Gasteiger partial charge in [-0.05, 0) is 18.1 Å². The first kappa shape index (κ1) is 16.6. The molecule has 2 aliphatic rings. The van der Waals surface area contributed by atoms with Crippen molar-refractivity contribution in [1.29, 1.82) is 0 Å². The molecule has 6 nitrogen and oxygen atoms in total. The largest absolute Gasteiger partial charge is 0.469 e. The smallest absolute Gasteiger partial charge is 0.311 e. The van der Waals surface area contributed by atoms with Gasteiger partial charge in [0, 0.05) is 48.1 Å². The Labute approximate surface area is 150 Å². The van der Waals surface area contributed by atoms with E-state index in [1.807, 2.05) is 36.2 Å².